The molecule has 0 bridgehead atoms. The topological polar surface area (TPSA) is 66.5 Å². The second-order valence-electron chi connectivity index (χ2n) is 7.09. The van der Waals surface area contributed by atoms with Crippen molar-refractivity contribution in [2.45, 2.75) is 31.2 Å². The van der Waals surface area contributed by atoms with Crippen LogP contribution in [-0.2, 0) is 21.4 Å². The quantitative estimate of drug-likeness (QED) is 0.826. The summed E-state index contributed by atoms with van der Waals surface area (Å²) >= 11 is 5.93. The molecule has 1 heterocycles. The molecule has 7 heteroatoms. The van der Waals surface area contributed by atoms with Gasteiger partial charge in [0.05, 0.1) is 4.90 Å². The van der Waals surface area contributed by atoms with Gasteiger partial charge in [0, 0.05) is 30.1 Å². The normalized spacial score (nSPS) is 17.4. The molecule has 1 aliphatic heterocycles. The number of sulfonamides is 1. The summed E-state index contributed by atoms with van der Waals surface area (Å²) in [6.07, 6.45) is 0.959. The fourth-order valence-corrected chi connectivity index (χ4v) is 4.96. The lowest BCUT2D eigenvalue weighted by Gasteiger charge is -2.37. The second kappa shape index (κ2) is 8.00. The van der Waals surface area contributed by atoms with Crippen molar-refractivity contribution < 1.29 is 13.2 Å². The summed E-state index contributed by atoms with van der Waals surface area (Å²) in [5, 5.41) is 3.36. The number of piperidine rings is 1. The van der Waals surface area contributed by atoms with Crippen LogP contribution < -0.4 is 5.32 Å². The molecule has 3 rings (SSSR count). The molecule has 0 unspecified atom stereocenters. The fraction of sp³-hybridized carbons (Fsp3) is 0.350. The molecule has 27 heavy (non-hydrogen) atoms. The van der Waals surface area contributed by atoms with Gasteiger partial charge in [0.1, 0.15) is 0 Å². The summed E-state index contributed by atoms with van der Waals surface area (Å²) in [5.41, 5.74) is 0.463. The average molecular weight is 407 g/mol. The van der Waals surface area contributed by atoms with E-state index in [1.54, 1.807) is 18.2 Å². The van der Waals surface area contributed by atoms with Crippen LogP contribution in [0.4, 0.5) is 0 Å². The minimum Gasteiger partial charge on any atom is -0.352 e. The first-order valence-electron chi connectivity index (χ1n) is 8.89. The zero-order valence-corrected chi connectivity index (χ0v) is 16.8. The first-order valence-corrected chi connectivity index (χ1v) is 10.7. The predicted molar refractivity (Wildman–Crippen MR) is 106 cm³/mol. The first kappa shape index (κ1) is 19.9. The molecule has 0 aliphatic carbocycles. The van der Waals surface area contributed by atoms with E-state index in [2.05, 4.69) is 5.32 Å². The van der Waals surface area contributed by atoms with Gasteiger partial charge in [-0.05, 0) is 36.6 Å². The van der Waals surface area contributed by atoms with Gasteiger partial charge in [0.15, 0.2) is 0 Å². The summed E-state index contributed by atoms with van der Waals surface area (Å²) in [6, 6.07) is 16.0. The van der Waals surface area contributed by atoms with Gasteiger partial charge in [-0.25, -0.2) is 8.42 Å². The Hall–Kier alpha value is -1.89. The fourth-order valence-electron chi connectivity index (χ4n) is 3.22. The van der Waals surface area contributed by atoms with Crippen molar-refractivity contribution in [3.05, 3.63) is 65.2 Å². The molecular weight excluding hydrogens is 384 g/mol. The lowest BCUT2D eigenvalue weighted by molar-refractivity contribution is -0.132. The Morgan fingerprint density at radius 2 is 1.78 bits per heavy atom. The van der Waals surface area contributed by atoms with E-state index < -0.39 is 15.4 Å². The number of nitrogens with zero attached hydrogens (tertiary/aromatic N) is 1. The molecule has 0 spiro atoms. The number of nitrogens with one attached hydrogen (secondary N) is 1. The SMILES string of the molecule is CC1(C(=O)NCc2ccccc2)CCN(S(=O)(=O)c2cccc(Cl)c2)CC1. The highest BCUT2D eigenvalue weighted by Crippen LogP contribution is 2.34. The maximum absolute atomic E-state index is 12.8. The molecule has 2 aromatic carbocycles. The molecule has 1 amide bonds. The summed E-state index contributed by atoms with van der Waals surface area (Å²) in [7, 11) is -3.60. The van der Waals surface area contributed by atoms with Crippen molar-refractivity contribution in [3.8, 4) is 0 Å². The number of rotatable bonds is 5. The second-order valence-corrected chi connectivity index (χ2v) is 9.46. The highest BCUT2D eigenvalue weighted by molar-refractivity contribution is 7.89. The van der Waals surface area contributed by atoms with Crippen molar-refractivity contribution in [1.29, 1.82) is 0 Å². The Morgan fingerprint density at radius 3 is 2.41 bits per heavy atom. The van der Waals surface area contributed by atoms with Crippen LogP contribution in [0.25, 0.3) is 0 Å². The standard InChI is InChI=1S/C20H23ClN2O3S/c1-20(19(24)22-15-16-6-3-2-4-7-16)10-12-23(13-11-20)27(25,26)18-9-5-8-17(21)14-18/h2-9,14H,10-13,15H2,1H3,(H,22,24). The third kappa shape index (κ3) is 4.51. The van der Waals surface area contributed by atoms with Gasteiger partial charge in [0.25, 0.3) is 0 Å². The number of hydrogen-bond acceptors (Lipinski definition) is 3. The van der Waals surface area contributed by atoms with Crippen LogP contribution in [0.3, 0.4) is 0 Å². The van der Waals surface area contributed by atoms with Crippen molar-refractivity contribution in [2.75, 3.05) is 13.1 Å². The zero-order chi connectivity index (χ0) is 19.5. The summed E-state index contributed by atoms with van der Waals surface area (Å²) in [5.74, 6) is -0.0360. The van der Waals surface area contributed by atoms with Gasteiger partial charge in [-0.2, -0.15) is 4.31 Å². The highest BCUT2D eigenvalue weighted by atomic mass is 35.5. The van der Waals surface area contributed by atoms with Gasteiger partial charge < -0.3 is 5.32 Å². The van der Waals surface area contributed by atoms with Crippen LogP contribution >= 0.6 is 11.6 Å². The van der Waals surface area contributed by atoms with E-state index >= 15 is 0 Å². The Labute approximate surface area is 165 Å². The predicted octanol–water partition coefficient (Wildman–Crippen LogP) is 3.45. The Balaban J connectivity index is 1.62. The van der Waals surface area contributed by atoms with Gasteiger partial charge in [-0.15, -0.1) is 0 Å². The van der Waals surface area contributed by atoms with Crippen LogP contribution in [0.5, 0.6) is 0 Å². The number of carbonyl (C=O) groups excluding carboxylic acids is 1. The van der Waals surface area contributed by atoms with Crippen molar-refractivity contribution >= 4 is 27.5 Å². The van der Waals surface area contributed by atoms with Gasteiger partial charge in [0.2, 0.25) is 15.9 Å². The minimum atomic E-state index is -3.60. The lowest BCUT2D eigenvalue weighted by atomic mass is 9.80. The van der Waals surface area contributed by atoms with Crippen molar-refractivity contribution in [1.82, 2.24) is 9.62 Å². The van der Waals surface area contributed by atoms with Crippen LogP contribution in [0.1, 0.15) is 25.3 Å². The summed E-state index contributed by atoms with van der Waals surface area (Å²) < 4.78 is 27.0. The van der Waals surface area contributed by atoms with E-state index in [1.807, 2.05) is 37.3 Å². The molecule has 0 saturated carbocycles. The number of benzene rings is 2. The molecule has 0 atom stereocenters. The molecule has 1 N–H and O–H groups in total. The maximum atomic E-state index is 12.8. The maximum Gasteiger partial charge on any atom is 0.243 e. The smallest absolute Gasteiger partial charge is 0.243 e. The van der Waals surface area contributed by atoms with Crippen LogP contribution in [-0.4, -0.2) is 31.7 Å². The van der Waals surface area contributed by atoms with Gasteiger partial charge >= 0.3 is 0 Å². The monoisotopic (exact) mass is 406 g/mol. The van der Waals surface area contributed by atoms with E-state index in [1.165, 1.54) is 10.4 Å². The third-order valence-electron chi connectivity index (χ3n) is 5.10. The number of amides is 1. The molecule has 0 aromatic heterocycles. The molecular formula is C20H23ClN2O3S. The van der Waals surface area contributed by atoms with Gasteiger partial charge in [-0.1, -0.05) is 54.9 Å². The van der Waals surface area contributed by atoms with Crippen molar-refractivity contribution in [3.63, 3.8) is 0 Å². The lowest BCUT2D eigenvalue weighted by Crippen LogP contribution is -2.48. The molecule has 5 nitrogen and oxygen atoms in total. The van der Waals surface area contributed by atoms with E-state index in [-0.39, 0.29) is 10.8 Å². The van der Waals surface area contributed by atoms with E-state index in [0.717, 1.165) is 5.56 Å². The summed E-state index contributed by atoms with van der Waals surface area (Å²) in [4.78, 5) is 12.9. The molecule has 1 fully saturated rings. The van der Waals surface area contributed by atoms with E-state index in [9.17, 15) is 13.2 Å². The van der Waals surface area contributed by atoms with Gasteiger partial charge in [-0.3, -0.25) is 4.79 Å². The zero-order valence-electron chi connectivity index (χ0n) is 15.2. The van der Waals surface area contributed by atoms with Crippen LogP contribution in [0, 0.1) is 5.41 Å². The van der Waals surface area contributed by atoms with Crippen LogP contribution in [0.2, 0.25) is 5.02 Å². The Morgan fingerprint density at radius 1 is 1.11 bits per heavy atom. The number of carbonyl (C=O) groups is 1. The number of halogens is 1. The molecule has 144 valence electrons. The largest absolute Gasteiger partial charge is 0.352 e. The first-order chi connectivity index (χ1) is 12.8. The summed E-state index contributed by atoms with van der Waals surface area (Å²) in [6.45, 7) is 2.99. The Kier molecular flexibility index (Phi) is 5.89. The van der Waals surface area contributed by atoms with E-state index in [0.29, 0.717) is 37.5 Å². The average Bonchev–Trinajstić information content (AvgIpc) is 2.67. The molecule has 0 radical (unpaired) electrons. The minimum absolute atomic E-state index is 0.0360. The van der Waals surface area contributed by atoms with Crippen molar-refractivity contribution in [2.24, 2.45) is 5.41 Å². The number of hydrogen-bond donors (Lipinski definition) is 1. The third-order valence-corrected chi connectivity index (χ3v) is 7.23. The molecule has 1 aliphatic rings. The Bertz CT molecular complexity index is 908. The molecule has 2 aromatic rings. The molecule has 1 saturated heterocycles. The van der Waals surface area contributed by atoms with Crippen LogP contribution in [0.15, 0.2) is 59.5 Å². The van der Waals surface area contributed by atoms with E-state index in [4.69, 9.17) is 11.6 Å². The highest BCUT2D eigenvalue weighted by Gasteiger charge is 2.40.